The van der Waals surface area contributed by atoms with Gasteiger partial charge in [-0.3, -0.25) is 4.79 Å². The Kier molecular flexibility index (Phi) is 6.79. The van der Waals surface area contributed by atoms with Crippen molar-refractivity contribution in [2.75, 3.05) is 23.5 Å². The van der Waals surface area contributed by atoms with Crippen LogP contribution in [-0.4, -0.2) is 49.4 Å². The van der Waals surface area contributed by atoms with E-state index >= 15 is 0 Å². The first-order valence-corrected chi connectivity index (χ1v) is 13.1. The van der Waals surface area contributed by atoms with Crippen LogP contribution >= 0.6 is 11.8 Å². The zero-order chi connectivity index (χ0) is 26.5. The maximum atomic E-state index is 13.5. The SMILES string of the molecule is COc1ccccc1CC(=O)N=C1S[C@H]2CS(=O)(=O)C[C@@H]2N1c1cc(C(F)(F)F)cc(C(F)(F)F)c1. The number of sulfone groups is 1. The summed E-state index contributed by atoms with van der Waals surface area (Å²) >= 11 is 0.844. The molecule has 2 fully saturated rings. The lowest BCUT2D eigenvalue weighted by molar-refractivity contribution is -0.143. The molecule has 0 spiro atoms. The van der Waals surface area contributed by atoms with Gasteiger partial charge in [0.25, 0.3) is 5.91 Å². The summed E-state index contributed by atoms with van der Waals surface area (Å²) in [6.45, 7) is 0. The molecule has 36 heavy (non-hydrogen) atoms. The number of nitrogens with zero attached hydrogens (tertiary/aromatic N) is 2. The molecule has 0 aliphatic carbocycles. The average Bonchev–Trinajstić information content (AvgIpc) is 3.22. The lowest BCUT2D eigenvalue weighted by atomic mass is 10.1. The van der Waals surface area contributed by atoms with Crippen molar-refractivity contribution >= 4 is 38.4 Å². The van der Waals surface area contributed by atoms with Gasteiger partial charge in [-0.05, 0) is 24.3 Å². The summed E-state index contributed by atoms with van der Waals surface area (Å²) in [4.78, 5) is 17.7. The van der Waals surface area contributed by atoms with Crippen LogP contribution in [0.3, 0.4) is 0 Å². The van der Waals surface area contributed by atoms with Gasteiger partial charge in [0.15, 0.2) is 15.0 Å². The molecule has 2 aromatic carbocycles. The molecule has 2 heterocycles. The van der Waals surface area contributed by atoms with Gasteiger partial charge in [-0.2, -0.15) is 31.3 Å². The molecule has 4 rings (SSSR count). The monoisotopic (exact) mass is 552 g/mol. The molecule has 2 saturated heterocycles. The number of halogens is 6. The minimum Gasteiger partial charge on any atom is -0.496 e. The second-order valence-electron chi connectivity index (χ2n) is 8.21. The zero-order valence-corrected chi connectivity index (χ0v) is 20.1. The van der Waals surface area contributed by atoms with Crippen molar-refractivity contribution in [3.63, 3.8) is 0 Å². The molecule has 1 amide bonds. The molecule has 2 aliphatic rings. The number of benzene rings is 2. The number of rotatable bonds is 4. The number of amidine groups is 1. The van der Waals surface area contributed by atoms with Crippen molar-refractivity contribution in [1.29, 1.82) is 0 Å². The predicted molar refractivity (Wildman–Crippen MR) is 122 cm³/mol. The van der Waals surface area contributed by atoms with E-state index in [1.165, 1.54) is 7.11 Å². The van der Waals surface area contributed by atoms with Crippen LogP contribution in [-0.2, 0) is 33.4 Å². The van der Waals surface area contributed by atoms with E-state index in [-0.39, 0.29) is 23.4 Å². The van der Waals surface area contributed by atoms with Crippen molar-refractivity contribution in [3.05, 3.63) is 59.2 Å². The first-order chi connectivity index (χ1) is 16.7. The third-order valence-corrected chi connectivity index (χ3v) is 8.88. The molecule has 2 aromatic rings. The van der Waals surface area contributed by atoms with E-state index in [1.54, 1.807) is 24.3 Å². The number of methoxy groups -OCH3 is 1. The summed E-state index contributed by atoms with van der Waals surface area (Å²) in [5.74, 6) is -1.17. The highest BCUT2D eigenvalue weighted by atomic mass is 32.2. The van der Waals surface area contributed by atoms with Gasteiger partial charge in [0.1, 0.15) is 5.75 Å². The summed E-state index contributed by atoms with van der Waals surface area (Å²) < 4.78 is 110. The second-order valence-corrected chi connectivity index (χ2v) is 11.6. The summed E-state index contributed by atoms with van der Waals surface area (Å²) in [5.41, 5.74) is -3.18. The van der Waals surface area contributed by atoms with Gasteiger partial charge in [-0.25, -0.2) is 8.42 Å². The van der Waals surface area contributed by atoms with E-state index in [4.69, 9.17) is 4.74 Å². The first kappa shape index (κ1) is 26.3. The van der Waals surface area contributed by atoms with E-state index in [9.17, 15) is 39.6 Å². The number of ether oxygens (including phenoxy) is 1. The highest BCUT2D eigenvalue weighted by Gasteiger charge is 2.50. The van der Waals surface area contributed by atoms with Gasteiger partial charge in [0, 0.05) is 16.5 Å². The van der Waals surface area contributed by atoms with Crippen LogP contribution < -0.4 is 9.64 Å². The Morgan fingerprint density at radius 2 is 1.67 bits per heavy atom. The van der Waals surface area contributed by atoms with Gasteiger partial charge < -0.3 is 9.64 Å². The van der Waals surface area contributed by atoms with Crippen LogP contribution in [0, 0.1) is 0 Å². The quantitative estimate of drug-likeness (QED) is 0.518. The summed E-state index contributed by atoms with van der Waals surface area (Å²) in [5, 5.41) is -0.871. The van der Waals surface area contributed by atoms with Gasteiger partial charge in [0.2, 0.25) is 0 Å². The topological polar surface area (TPSA) is 76.0 Å². The number of carbonyl (C=O) groups excluding carboxylic acids is 1. The number of thioether (sulfide) groups is 1. The Morgan fingerprint density at radius 1 is 1.06 bits per heavy atom. The molecule has 0 N–H and O–H groups in total. The van der Waals surface area contributed by atoms with Gasteiger partial charge >= 0.3 is 12.4 Å². The number of amides is 1. The maximum absolute atomic E-state index is 13.5. The van der Waals surface area contributed by atoms with Crippen LogP contribution in [0.25, 0.3) is 0 Å². The van der Waals surface area contributed by atoms with Crippen molar-refractivity contribution in [1.82, 2.24) is 0 Å². The number of hydrogen-bond acceptors (Lipinski definition) is 5. The molecule has 2 aliphatic heterocycles. The fourth-order valence-electron chi connectivity index (χ4n) is 4.10. The highest BCUT2D eigenvalue weighted by molar-refractivity contribution is 8.16. The molecule has 0 bridgehead atoms. The van der Waals surface area contributed by atoms with Crippen molar-refractivity contribution in [2.45, 2.75) is 30.1 Å². The van der Waals surface area contributed by atoms with Crippen LogP contribution in [0.1, 0.15) is 16.7 Å². The molecule has 14 heteroatoms. The van der Waals surface area contributed by atoms with E-state index in [1.807, 2.05) is 0 Å². The lowest BCUT2D eigenvalue weighted by Gasteiger charge is -2.26. The number of carbonyl (C=O) groups is 1. The molecule has 194 valence electrons. The van der Waals surface area contributed by atoms with Crippen molar-refractivity contribution < 1.29 is 44.3 Å². The Hall–Kier alpha value is -2.74. The number of hydrogen-bond donors (Lipinski definition) is 0. The smallest absolute Gasteiger partial charge is 0.416 e. The van der Waals surface area contributed by atoms with Crippen LogP contribution in [0.15, 0.2) is 47.5 Å². The highest BCUT2D eigenvalue weighted by Crippen LogP contribution is 2.44. The Bertz CT molecular complexity index is 1290. The summed E-state index contributed by atoms with van der Waals surface area (Å²) in [7, 11) is -2.20. The molecule has 6 nitrogen and oxygen atoms in total. The third kappa shape index (κ3) is 5.48. The van der Waals surface area contributed by atoms with Crippen LogP contribution in [0.4, 0.5) is 32.0 Å². The lowest BCUT2D eigenvalue weighted by Crippen LogP contribution is -2.38. The van der Waals surface area contributed by atoms with Gasteiger partial charge in [-0.15, -0.1) is 0 Å². The number of aliphatic imine (C=N–C) groups is 1. The van der Waals surface area contributed by atoms with Crippen LogP contribution in [0.5, 0.6) is 5.75 Å². The van der Waals surface area contributed by atoms with Crippen molar-refractivity contribution in [3.8, 4) is 5.75 Å². The molecule has 0 saturated carbocycles. The standard InChI is InChI=1S/C22H18F6N2O4S2/c1-34-17-5-3-2-4-12(17)6-19(31)29-20-30(16-10-36(32,33)11-18(16)35-20)15-8-13(21(23,24)25)7-14(9-15)22(26,27)28/h2-5,7-9,16,18H,6,10-11H2,1H3/t16-,18-/m0/s1. The maximum Gasteiger partial charge on any atom is 0.416 e. The van der Waals surface area contributed by atoms with Gasteiger partial charge in [-0.1, -0.05) is 30.0 Å². The molecule has 0 aromatic heterocycles. The minimum atomic E-state index is -5.10. The predicted octanol–water partition coefficient (Wildman–Crippen LogP) is 4.58. The average molecular weight is 553 g/mol. The van der Waals surface area contributed by atoms with E-state index in [0.29, 0.717) is 23.4 Å². The minimum absolute atomic E-state index is 0.0146. The molecular weight excluding hydrogens is 534 g/mol. The summed E-state index contributed by atoms with van der Waals surface area (Å²) in [6.07, 6.45) is -10.4. The Labute approximate surface area is 206 Å². The number of anilines is 1. The van der Waals surface area contributed by atoms with E-state index < -0.39 is 62.0 Å². The molecular formula is C22H18F6N2O4S2. The number of alkyl halides is 6. The number of fused-ring (bicyclic) bond motifs is 1. The first-order valence-electron chi connectivity index (χ1n) is 10.4. The third-order valence-electron chi connectivity index (χ3n) is 5.67. The Morgan fingerprint density at radius 3 is 2.25 bits per heavy atom. The van der Waals surface area contributed by atoms with Gasteiger partial charge in [0.05, 0.1) is 42.2 Å². The van der Waals surface area contributed by atoms with Crippen molar-refractivity contribution in [2.24, 2.45) is 4.99 Å². The molecule has 0 unspecified atom stereocenters. The van der Waals surface area contributed by atoms with E-state index in [0.717, 1.165) is 16.7 Å². The largest absolute Gasteiger partial charge is 0.496 e. The second kappa shape index (κ2) is 9.29. The fraction of sp³-hybridized carbons (Fsp3) is 0.364. The van der Waals surface area contributed by atoms with Crippen LogP contribution in [0.2, 0.25) is 0 Å². The molecule has 0 radical (unpaired) electrons. The molecule has 2 atom stereocenters. The zero-order valence-electron chi connectivity index (χ0n) is 18.4. The Balaban J connectivity index is 1.78. The fourth-order valence-corrected chi connectivity index (χ4v) is 8.03. The normalized spacial score (nSPS) is 22.6. The number of para-hydroxylation sites is 1. The summed E-state index contributed by atoms with van der Waals surface area (Å²) in [6, 6.07) is 6.57. The van der Waals surface area contributed by atoms with E-state index in [2.05, 4.69) is 4.99 Å².